The molecule has 0 unspecified atom stereocenters. The van der Waals surface area contributed by atoms with E-state index >= 15 is 0 Å². The first-order chi connectivity index (χ1) is 9.76. The number of benzene rings is 1. The fourth-order valence-corrected chi connectivity index (χ4v) is 1.64. The molecule has 21 heavy (non-hydrogen) atoms. The molecule has 1 aromatic rings. The van der Waals surface area contributed by atoms with Crippen molar-refractivity contribution >= 4 is 18.3 Å². The van der Waals surface area contributed by atoms with Gasteiger partial charge in [-0.1, -0.05) is 0 Å². The molecule has 0 spiro atoms. The summed E-state index contributed by atoms with van der Waals surface area (Å²) in [4.78, 5) is 11.4. The summed E-state index contributed by atoms with van der Waals surface area (Å²) in [6.45, 7) is 4.37. The van der Waals surface area contributed by atoms with Gasteiger partial charge in [-0.2, -0.15) is 0 Å². The van der Waals surface area contributed by atoms with Gasteiger partial charge in [0, 0.05) is 13.0 Å². The van der Waals surface area contributed by atoms with Crippen LogP contribution in [0, 0.1) is 0 Å². The quantitative estimate of drug-likeness (QED) is 0.649. The molecule has 0 saturated carbocycles. The molecule has 6 heteroatoms. The van der Waals surface area contributed by atoms with Gasteiger partial charge >= 0.3 is 0 Å². The van der Waals surface area contributed by atoms with Crippen LogP contribution in [0.1, 0.15) is 26.2 Å². The minimum Gasteiger partial charge on any atom is -0.494 e. The summed E-state index contributed by atoms with van der Waals surface area (Å²) in [7, 11) is 0. The summed E-state index contributed by atoms with van der Waals surface area (Å²) < 4.78 is 10.9. The highest BCUT2D eigenvalue weighted by atomic mass is 35.5. The highest BCUT2D eigenvalue weighted by molar-refractivity contribution is 5.85. The van der Waals surface area contributed by atoms with Crippen LogP contribution in [-0.4, -0.2) is 32.2 Å². The van der Waals surface area contributed by atoms with Gasteiger partial charge in [-0.05, 0) is 50.6 Å². The highest BCUT2D eigenvalue weighted by Crippen LogP contribution is 2.17. The van der Waals surface area contributed by atoms with Crippen LogP contribution in [0.15, 0.2) is 24.3 Å². The zero-order valence-electron chi connectivity index (χ0n) is 12.5. The Morgan fingerprint density at radius 3 is 2.33 bits per heavy atom. The van der Waals surface area contributed by atoms with Crippen LogP contribution in [0.5, 0.6) is 11.5 Å². The van der Waals surface area contributed by atoms with Crippen LogP contribution < -0.4 is 20.5 Å². The smallest absolute Gasteiger partial charge is 0.220 e. The largest absolute Gasteiger partial charge is 0.494 e. The molecule has 0 saturated heterocycles. The summed E-state index contributed by atoms with van der Waals surface area (Å²) in [6.07, 6.45) is 1.98. The Kier molecular flexibility index (Phi) is 11.4. The lowest BCUT2D eigenvalue weighted by Crippen LogP contribution is -2.26. The minimum absolute atomic E-state index is 0. The van der Waals surface area contributed by atoms with Gasteiger partial charge in [-0.25, -0.2) is 0 Å². The molecule has 120 valence electrons. The summed E-state index contributed by atoms with van der Waals surface area (Å²) in [5.74, 6) is 1.67. The second-order valence-electron chi connectivity index (χ2n) is 4.35. The lowest BCUT2D eigenvalue weighted by molar-refractivity contribution is -0.121. The Morgan fingerprint density at radius 1 is 1.14 bits per heavy atom. The Bertz CT molecular complexity index is 385. The van der Waals surface area contributed by atoms with E-state index < -0.39 is 0 Å². The lowest BCUT2D eigenvalue weighted by Gasteiger charge is -2.08. The van der Waals surface area contributed by atoms with E-state index in [2.05, 4.69) is 5.32 Å². The molecule has 0 bridgehead atoms. The summed E-state index contributed by atoms with van der Waals surface area (Å²) >= 11 is 0. The summed E-state index contributed by atoms with van der Waals surface area (Å²) in [5, 5.41) is 2.81. The van der Waals surface area contributed by atoms with E-state index in [-0.39, 0.29) is 18.3 Å². The third-order valence-corrected chi connectivity index (χ3v) is 2.65. The van der Waals surface area contributed by atoms with Gasteiger partial charge in [-0.15, -0.1) is 12.4 Å². The molecular weight excluding hydrogens is 292 g/mol. The van der Waals surface area contributed by atoms with Gasteiger partial charge in [0.2, 0.25) is 5.91 Å². The molecule has 0 fully saturated rings. The van der Waals surface area contributed by atoms with Crippen molar-refractivity contribution in [2.24, 2.45) is 5.73 Å². The van der Waals surface area contributed by atoms with Gasteiger partial charge in [0.1, 0.15) is 11.5 Å². The van der Waals surface area contributed by atoms with E-state index in [4.69, 9.17) is 15.2 Å². The number of ether oxygens (including phenoxy) is 2. The maximum atomic E-state index is 11.4. The molecule has 0 atom stereocenters. The van der Waals surface area contributed by atoms with Gasteiger partial charge in [0.15, 0.2) is 0 Å². The van der Waals surface area contributed by atoms with Crippen molar-refractivity contribution in [3.63, 3.8) is 0 Å². The first kappa shape index (κ1) is 19.5. The molecule has 5 nitrogen and oxygen atoms in total. The van der Waals surface area contributed by atoms with Crippen molar-refractivity contribution in [2.75, 3.05) is 26.3 Å². The number of hydrogen-bond acceptors (Lipinski definition) is 4. The maximum absolute atomic E-state index is 11.4. The molecule has 0 aliphatic carbocycles. The van der Waals surface area contributed by atoms with Gasteiger partial charge < -0.3 is 20.5 Å². The van der Waals surface area contributed by atoms with E-state index in [0.29, 0.717) is 39.1 Å². The first-order valence-corrected chi connectivity index (χ1v) is 7.08. The molecule has 3 N–H and O–H groups in total. The molecule has 0 aromatic heterocycles. The Hall–Kier alpha value is -1.46. The number of carbonyl (C=O) groups is 1. The number of carbonyl (C=O) groups excluding carboxylic acids is 1. The minimum atomic E-state index is 0. The zero-order valence-corrected chi connectivity index (χ0v) is 13.3. The monoisotopic (exact) mass is 316 g/mol. The van der Waals surface area contributed by atoms with E-state index in [9.17, 15) is 4.79 Å². The van der Waals surface area contributed by atoms with Crippen LogP contribution in [0.3, 0.4) is 0 Å². The predicted molar refractivity (Wildman–Crippen MR) is 86.3 cm³/mol. The molecule has 0 aliphatic heterocycles. The molecule has 1 aromatic carbocycles. The Balaban J connectivity index is 0.00000400. The number of amides is 1. The second kappa shape index (κ2) is 12.3. The number of hydrogen-bond donors (Lipinski definition) is 2. The van der Waals surface area contributed by atoms with Crippen molar-refractivity contribution in [1.29, 1.82) is 0 Å². The van der Waals surface area contributed by atoms with Crippen LogP contribution in [-0.2, 0) is 4.79 Å². The van der Waals surface area contributed by atoms with Crippen molar-refractivity contribution in [3.8, 4) is 11.5 Å². The van der Waals surface area contributed by atoms with Crippen LogP contribution in [0.2, 0.25) is 0 Å². The maximum Gasteiger partial charge on any atom is 0.220 e. The van der Waals surface area contributed by atoms with Crippen LogP contribution in [0.4, 0.5) is 0 Å². The lowest BCUT2D eigenvalue weighted by atomic mass is 10.3. The predicted octanol–water partition coefficient (Wildman–Crippen LogP) is 2.13. The standard InChI is InChI=1S/C15H24N2O3.ClH/c1-2-19-13-6-8-14(9-7-13)20-12-3-5-15(18)17-11-4-10-16;/h6-9H,2-5,10-12,16H2,1H3,(H,17,18);1H. The van der Waals surface area contributed by atoms with Crippen LogP contribution in [0.25, 0.3) is 0 Å². The molecule has 1 rings (SSSR count). The van der Waals surface area contributed by atoms with Crippen molar-refractivity contribution < 1.29 is 14.3 Å². The molecule has 0 aliphatic rings. The van der Waals surface area contributed by atoms with Crippen molar-refractivity contribution in [2.45, 2.75) is 26.2 Å². The fourth-order valence-electron chi connectivity index (χ4n) is 1.64. The Morgan fingerprint density at radius 2 is 1.76 bits per heavy atom. The topological polar surface area (TPSA) is 73.6 Å². The molecule has 0 heterocycles. The number of halogens is 1. The van der Waals surface area contributed by atoms with Crippen molar-refractivity contribution in [1.82, 2.24) is 5.32 Å². The summed E-state index contributed by atoms with van der Waals surface area (Å²) in [5.41, 5.74) is 5.35. The molecule has 1 amide bonds. The van der Waals surface area contributed by atoms with E-state index in [0.717, 1.165) is 17.9 Å². The first-order valence-electron chi connectivity index (χ1n) is 7.08. The fraction of sp³-hybridized carbons (Fsp3) is 0.533. The summed E-state index contributed by atoms with van der Waals surface area (Å²) in [6, 6.07) is 7.48. The van der Waals surface area contributed by atoms with Gasteiger partial charge in [-0.3, -0.25) is 4.79 Å². The normalized spacial score (nSPS) is 9.62. The molecule has 0 radical (unpaired) electrons. The average Bonchev–Trinajstić information content (AvgIpc) is 2.46. The van der Waals surface area contributed by atoms with E-state index in [1.165, 1.54) is 0 Å². The molecular formula is C15H25ClN2O3. The Labute approximate surface area is 132 Å². The van der Waals surface area contributed by atoms with E-state index in [1.54, 1.807) is 0 Å². The van der Waals surface area contributed by atoms with Gasteiger partial charge in [0.25, 0.3) is 0 Å². The van der Waals surface area contributed by atoms with Crippen LogP contribution >= 0.6 is 12.4 Å². The third-order valence-electron chi connectivity index (χ3n) is 2.65. The number of rotatable bonds is 10. The number of nitrogens with one attached hydrogen (secondary N) is 1. The number of nitrogens with two attached hydrogens (primary N) is 1. The third kappa shape index (κ3) is 9.15. The highest BCUT2D eigenvalue weighted by Gasteiger charge is 2.01. The van der Waals surface area contributed by atoms with Gasteiger partial charge in [0.05, 0.1) is 13.2 Å². The zero-order chi connectivity index (χ0) is 14.6. The SMILES string of the molecule is CCOc1ccc(OCCCC(=O)NCCCN)cc1.Cl. The second-order valence-corrected chi connectivity index (χ2v) is 4.35. The van der Waals surface area contributed by atoms with E-state index in [1.807, 2.05) is 31.2 Å². The average molecular weight is 317 g/mol. The van der Waals surface area contributed by atoms with Crippen molar-refractivity contribution in [3.05, 3.63) is 24.3 Å².